The Hall–Kier alpha value is -1.94. The number of aromatic nitrogens is 2. The summed E-state index contributed by atoms with van der Waals surface area (Å²) in [4.78, 5) is 4.41. The van der Waals surface area contributed by atoms with Crippen molar-refractivity contribution in [3.05, 3.63) is 42.6 Å². The van der Waals surface area contributed by atoms with Crippen LogP contribution in [0.2, 0.25) is 0 Å². The van der Waals surface area contributed by atoms with Gasteiger partial charge in [-0.15, -0.1) is 0 Å². The van der Waals surface area contributed by atoms with E-state index in [2.05, 4.69) is 21.5 Å². The first-order chi connectivity index (χ1) is 8.38. The van der Waals surface area contributed by atoms with Gasteiger partial charge in [-0.25, -0.2) is 4.98 Å². The van der Waals surface area contributed by atoms with Crippen LogP contribution in [0.1, 0.15) is 0 Å². The van der Waals surface area contributed by atoms with Crippen molar-refractivity contribution in [1.29, 1.82) is 0 Å². The first-order valence-corrected chi connectivity index (χ1v) is 6.00. The van der Waals surface area contributed by atoms with Gasteiger partial charge in [-0.2, -0.15) is 4.37 Å². The third kappa shape index (κ3) is 1.76. The van der Waals surface area contributed by atoms with Crippen LogP contribution in [-0.2, 0) is 0 Å². The number of methoxy groups -OCH3 is 1. The SMILES string of the molecule is COc1snc2cc(-c3ccccc3)cnc12. The van der Waals surface area contributed by atoms with Crippen LogP contribution in [0.25, 0.3) is 22.2 Å². The Kier molecular flexibility index (Phi) is 2.49. The van der Waals surface area contributed by atoms with Crippen molar-refractivity contribution in [1.82, 2.24) is 9.36 Å². The first-order valence-electron chi connectivity index (χ1n) is 5.23. The second-order valence-corrected chi connectivity index (χ2v) is 4.37. The maximum Gasteiger partial charge on any atom is 0.220 e. The molecule has 0 unspecified atom stereocenters. The number of fused-ring (bicyclic) bond motifs is 1. The molecule has 0 aliphatic carbocycles. The van der Waals surface area contributed by atoms with E-state index in [4.69, 9.17) is 4.74 Å². The summed E-state index contributed by atoms with van der Waals surface area (Å²) >= 11 is 1.33. The number of rotatable bonds is 2. The molecule has 0 N–H and O–H groups in total. The van der Waals surface area contributed by atoms with Gasteiger partial charge in [-0.05, 0) is 11.6 Å². The predicted octanol–water partition coefficient (Wildman–Crippen LogP) is 3.37. The lowest BCUT2D eigenvalue weighted by Gasteiger charge is -2.00. The zero-order valence-corrected chi connectivity index (χ0v) is 10.1. The van der Waals surface area contributed by atoms with Crippen LogP contribution in [0, 0.1) is 0 Å². The average Bonchev–Trinajstić information content (AvgIpc) is 2.81. The molecule has 3 aromatic rings. The Morgan fingerprint density at radius 2 is 1.94 bits per heavy atom. The molecule has 84 valence electrons. The molecular weight excluding hydrogens is 232 g/mol. The molecule has 1 aromatic carbocycles. The fraction of sp³-hybridized carbons (Fsp3) is 0.0769. The molecule has 2 heterocycles. The van der Waals surface area contributed by atoms with Crippen LogP contribution in [0.5, 0.6) is 5.06 Å². The zero-order valence-electron chi connectivity index (χ0n) is 9.25. The third-order valence-corrected chi connectivity index (χ3v) is 3.39. The minimum atomic E-state index is 0.764. The maximum atomic E-state index is 5.21. The number of ether oxygens (including phenoxy) is 1. The second kappa shape index (κ2) is 4.14. The Labute approximate surface area is 103 Å². The summed E-state index contributed by atoms with van der Waals surface area (Å²) in [5.74, 6) is 0. The lowest BCUT2D eigenvalue weighted by Crippen LogP contribution is -1.83. The van der Waals surface area contributed by atoms with Gasteiger partial charge in [0.1, 0.15) is 11.0 Å². The summed E-state index contributed by atoms with van der Waals surface area (Å²) in [6.45, 7) is 0. The molecule has 0 aliphatic heterocycles. The molecule has 0 radical (unpaired) electrons. The van der Waals surface area contributed by atoms with E-state index in [1.165, 1.54) is 11.5 Å². The van der Waals surface area contributed by atoms with Crippen molar-refractivity contribution < 1.29 is 4.74 Å². The van der Waals surface area contributed by atoms with E-state index in [1.807, 2.05) is 30.5 Å². The Balaban J connectivity index is 2.15. The molecule has 0 aliphatic rings. The smallest absolute Gasteiger partial charge is 0.220 e. The molecule has 17 heavy (non-hydrogen) atoms. The summed E-state index contributed by atoms with van der Waals surface area (Å²) < 4.78 is 9.54. The van der Waals surface area contributed by atoms with Crippen molar-refractivity contribution in [2.24, 2.45) is 0 Å². The molecule has 0 atom stereocenters. The van der Waals surface area contributed by atoms with E-state index in [0.717, 1.165) is 27.2 Å². The van der Waals surface area contributed by atoms with E-state index in [-0.39, 0.29) is 0 Å². The van der Waals surface area contributed by atoms with E-state index in [9.17, 15) is 0 Å². The van der Waals surface area contributed by atoms with Crippen molar-refractivity contribution >= 4 is 22.6 Å². The van der Waals surface area contributed by atoms with Crippen molar-refractivity contribution in [2.75, 3.05) is 7.11 Å². The molecule has 0 saturated heterocycles. The van der Waals surface area contributed by atoms with Gasteiger partial charge >= 0.3 is 0 Å². The highest BCUT2D eigenvalue weighted by Crippen LogP contribution is 2.30. The highest BCUT2D eigenvalue weighted by atomic mass is 32.1. The standard InChI is InChI=1S/C13H10N2OS/c1-16-13-12-11(15-17-13)7-10(8-14-12)9-5-3-2-4-6-9/h2-8H,1H3. The molecule has 0 amide bonds. The lowest BCUT2D eigenvalue weighted by atomic mass is 10.1. The molecule has 0 fully saturated rings. The van der Waals surface area contributed by atoms with Crippen molar-refractivity contribution in [3.63, 3.8) is 0 Å². The van der Waals surface area contributed by atoms with Gasteiger partial charge in [0.05, 0.1) is 7.11 Å². The fourth-order valence-corrected chi connectivity index (χ4v) is 2.37. The summed E-state index contributed by atoms with van der Waals surface area (Å²) in [5.41, 5.74) is 3.94. The molecule has 0 spiro atoms. The summed E-state index contributed by atoms with van der Waals surface area (Å²) in [5, 5.41) is 0.764. The molecule has 2 aromatic heterocycles. The number of hydrogen-bond acceptors (Lipinski definition) is 4. The van der Waals surface area contributed by atoms with Gasteiger partial charge in [0.25, 0.3) is 0 Å². The Morgan fingerprint density at radius 1 is 1.12 bits per heavy atom. The molecule has 4 heteroatoms. The minimum absolute atomic E-state index is 0.764. The largest absolute Gasteiger partial charge is 0.485 e. The predicted molar refractivity (Wildman–Crippen MR) is 69.4 cm³/mol. The number of benzene rings is 1. The summed E-state index contributed by atoms with van der Waals surface area (Å²) in [6.07, 6.45) is 1.86. The van der Waals surface area contributed by atoms with Crippen molar-refractivity contribution in [2.45, 2.75) is 0 Å². The quantitative estimate of drug-likeness (QED) is 0.691. The van der Waals surface area contributed by atoms with E-state index < -0.39 is 0 Å². The first kappa shape index (κ1) is 10.2. The Bertz CT molecular complexity index is 649. The second-order valence-electron chi connectivity index (χ2n) is 3.63. The van der Waals surface area contributed by atoms with Crippen LogP contribution in [0.3, 0.4) is 0 Å². The van der Waals surface area contributed by atoms with Gasteiger partial charge in [0.2, 0.25) is 5.06 Å². The third-order valence-electron chi connectivity index (χ3n) is 2.58. The number of hydrogen-bond donors (Lipinski definition) is 0. The van der Waals surface area contributed by atoms with Gasteiger partial charge in [0.15, 0.2) is 0 Å². The number of nitrogens with zero attached hydrogens (tertiary/aromatic N) is 2. The highest BCUT2D eigenvalue weighted by Gasteiger charge is 2.08. The number of pyridine rings is 1. The Morgan fingerprint density at radius 3 is 2.71 bits per heavy atom. The highest BCUT2D eigenvalue weighted by molar-refractivity contribution is 7.09. The van der Waals surface area contributed by atoms with E-state index in [1.54, 1.807) is 7.11 Å². The summed E-state index contributed by atoms with van der Waals surface area (Å²) in [6, 6.07) is 12.2. The molecule has 3 rings (SSSR count). The summed E-state index contributed by atoms with van der Waals surface area (Å²) in [7, 11) is 1.64. The fourth-order valence-electron chi connectivity index (χ4n) is 1.74. The van der Waals surface area contributed by atoms with Crippen molar-refractivity contribution in [3.8, 4) is 16.2 Å². The zero-order chi connectivity index (χ0) is 11.7. The lowest BCUT2D eigenvalue weighted by molar-refractivity contribution is 0.430. The van der Waals surface area contributed by atoms with Crippen LogP contribution in [0.4, 0.5) is 0 Å². The van der Waals surface area contributed by atoms with Gasteiger partial charge < -0.3 is 4.74 Å². The van der Waals surface area contributed by atoms with Crippen LogP contribution >= 0.6 is 11.5 Å². The average molecular weight is 242 g/mol. The van der Waals surface area contributed by atoms with Gasteiger partial charge in [0, 0.05) is 23.3 Å². The molecule has 3 nitrogen and oxygen atoms in total. The van der Waals surface area contributed by atoms with Crippen LogP contribution in [0.15, 0.2) is 42.6 Å². The van der Waals surface area contributed by atoms with E-state index >= 15 is 0 Å². The molecular formula is C13H10N2OS. The van der Waals surface area contributed by atoms with Crippen LogP contribution < -0.4 is 4.74 Å². The topological polar surface area (TPSA) is 35.0 Å². The normalized spacial score (nSPS) is 10.6. The monoisotopic (exact) mass is 242 g/mol. The van der Waals surface area contributed by atoms with Gasteiger partial charge in [-0.1, -0.05) is 30.3 Å². The van der Waals surface area contributed by atoms with Crippen LogP contribution in [-0.4, -0.2) is 16.5 Å². The molecule has 0 bridgehead atoms. The maximum absolute atomic E-state index is 5.21. The molecule has 0 saturated carbocycles. The minimum Gasteiger partial charge on any atom is -0.485 e. The van der Waals surface area contributed by atoms with Gasteiger partial charge in [-0.3, -0.25) is 0 Å². The van der Waals surface area contributed by atoms with E-state index in [0.29, 0.717) is 0 Å².